The normalized spacial score (nSPS) is 12.3. The van der Waals surface area contributed by atoms with E-state index in [9.17, 15) is 19.8 Å². The standard InChI is InChI=1S/C20H21N.C18H14Cl2O7.ClH/c1-21(2)15-7-12-20-18-10-5-3-8-16(18)13-14-17-9-4-6-11-19(17)20;1-5-9-16(11(20)13(22)10(5)19)26-14-6(2)8(17(23)25-4)12(21)7(3)15(14)27-18(9)24;/h3-6,8-14H,7,15H2,1-2H3;21-22H,1-4H3;1H. The van der Waals surface area contributed by atoms with Crippen molar-refractivity contribution in [3.63, 3.8) is 0 Å². The van der Waals surface area contributed by atoms with E-state index in [4.69, 9.17) is 37.4 Å². The fourth-order valence-electron chi connectivity index (χ4n) is 5.67. The Kier molecular flexibility index (Phi) is 11.7. The summed E-state index contributed by atoms with van der Waals surface area (Å²) in [5, 5.41) is 20.1. The molecular formula is C38H36Cl3NO7. The second-order valence-electron chi connectivity index (χ2n) is 11.6. The number of esters is 2. The fraction of sp³-hybridized carbons (Fsp3) is 0.211. The molecule has 1 heterocycles. The van der Waals surface area contributed by atoms with Gasteiger partial charge in [0, 0.05) is 17.7 Å². The lowest BCUT2D eigenvalue weighted by atomic mass is 9.93. The first-order valence-corrected chi connectivity index (χ1v) is 15.9. The lowest BCUT2D eigenvalue weighted by Gasteiger charge is -2.17. The number of phenolic OH excluding ortho intramolecular Hbond substituents is 2. The number of rotatable bonds is 4. The maximum Gasteiger partial charge on any atom is 0.347 e. The van der Waals surface area contributed by atoms with Crippen molar-refractivity contribution >= 4 is 65.3 Å². The molecular weight excluding hydrogens is 689 g/mol. The molecule has 0 aromatic heterocycles. The van der Waals surface area contributed by atoms with Crippen LogP contribution < -0.4 is 9.47 Å². The number of carbonyl (C=O) groups excluding carboxylic acids is 2. The van der Waals surface area contributed by atoms with E-state index in [-0.39, 0.29) is 67.5 Å². The summed E-state index contributed by atoms with van der Waals surface area (Å²) >= 11 is 12.2. The van der Waals surface area contributed by atoms with Crippen LogP contribution in [0.4, 0.5) is 0 Å². The topological polar surface area (TPSA) is 106 Å². The molecule has 1 aliphatic heterocycles. The number of ether oxygens (including phenoxy) is 3. The average molecular weight is 725 g/mol. The van der Waals surface area contributed by atoms with Crippen molar-refractivity contribution in [2.24, 2.45) is 0 Å². The first-order chi connectivity index (χ1) is 22.9. The van der Waals surface area contributed by atoms with Gasteiger partial charge in [0.1, 0.15) is 21.9 Å². The van der Waals surface area contributed by atoms with Crippen LogP contribution in [-0.2, 0) is 4.74 Å². The zero-order chi connectivity index (χ0) is 34.9. The highest BCUT2D eigenvalue weighted by atomic mass is 35.5. The van der Waals surface area contributed by atoms with Crippen molar-refractivity contribution in [3.8, 4) is 28.7 Å². The van der Waals surface area contributed by atoms with Crippen molar-refractivity contribution in [1.82, 2.24) is 4.90 Å². The third-order valence-electron chi connectivity index (χ3n) is 8.26. The second kappa shape index (κ2) is 15.4. The largest absolute Gasteiger partial charge is 0.507 e. The first kappa shape index (κ1) is 37.4. The minimum absolute atomic E-state index is 0. The van der Waals surface area contributed by atoms with Gasteiger partial charge in [0.15, 0.2) is 23.0 Å². The minimum atomic E-state index is -0.835. The maximum atomic E-state index is 12.7. The zero-order valence-electron chi connectivity index (χ0n) is 27.8. The van der Waals surface area contributed by atoms with Crippen LogP contribution in [0.1, 0.15) is 66.1 Å². The maximum absolute atomic E-state index is 12.7. The molecule has 0 bridgehead atoms. The Bertz CT molecular complexity index is 1970. The first-order valence-electron chi connectivity index (χ1n) is 15.1. The van der Waals surface area contributed by atoms with Gasteiger partial charge in [-0.25, -0.2) is 9.59 Å². The average Bonchev–Trinajstić information content (AvgIpc) is 3.34. The minimum Gasteiger partial charge on any atom is -0.507 e. The second-order valence-corrected chi connectivity index (χ2v) is 12.4. The molecule has 1 aliphatic carbocycles. The van der Waals surface area contributed by atoms with Gasteiger partial charge in [0.25, 0.3) is 0 Å². The number of nitrogens with zero attached hydrogens (tertiary/aromatic N) is 1. The number of halogens is 3. The Morgan fingerprint density at radius 1 is 0.816 bits per heavy atom. The van der Waals surface area contributed by atoms with Gasteiger partial charge in [-0.05, 0) is 74.7 Å². The molecule has 0 fully saturated rings. The van der Waals surface area contributed by atoms with Gasteiger partial charge in [0.05, 0.1) is 12.1 Å². The molecule has 49 heavy (non-hydrogen) atoms. The SMILES string of the molecule is CN(C)CCC=C1c2ccccc2C=Cc2ccccc21.COC(=O)c1c(C)c2c(c(C)c1O)OC(=O)c1c(C)c(Cl)c(O)c(Cl)c1O2.Cl. The van der Waals surface area contributed by atoms with Crippen molar-refractivity contribution in [2.45, 2.75) is 27.2 Å². The Labute approximate surface area is 301 Å². The molecule has 6 rings (SSSR count). The van der Waals surface area contributed by atoms with E-state index >= 15 is 0 Å². The number of fused-ring (bicyclic) bond motifs is 4. The van der Waals surface area contributed by atoms with E-state index in [1.807, 2.05) is 0 Å². The highest BCUT2D eigenvalue weighted by Gasteiger charge is 2.35. The van der Waals surface area contributed by atoms with Gasteiger partial charge in [-0.2, -0.15) is 0 Å². The smallest absolute Gasteiger partial charge is 0.347 e. The quantitative estimate of drug-likeness (QED) is 0.140. The summed E-state index contributed by atoms with van der Waals surface area (Å²) in [5.41, 5.74) is 6.87. The van der Waals surface area contributed by atoms with Gasteiger partial charge in [0.2, 0.25) is 0 Å². The molecule has 2 aliphatic rings. The number of hydrogen-bond acceptors (Lipinski definition) is 8. The van der Waals surface area contributed by atoms with Crippen LogP contribution in [0.25, 0.3) is 17.7 Å². The summed E-state index contributed by atoms with van der Waals surface area (Å²) < 4.78 is 15.9. The van der Waals surface area contributed by atoms with Crippen LogP contribution in [0.2, 0.25) is 10.0 Å². The molecule has 256 valence electrons. The monoisotopic (exact) mass is 723 g/mol. The third-order valence-corrected chi connectivity index (χ3v) is 9.08. The predicted molar refractivity (Wildman–Crippen MR) is 196 cm³/mol. The van der Waals surface area contributed by atoms with Crippen LogP contribution in [0.3, 0.4) is 0 Å². The van der Waals surface area contributed by atoms with Gasteiger partial charge in [-0.3, -0.25) is 0 Å². The Hall–Kier alpha value is -4.47. The summed E-state index contributed by atoms with van der Waals surface area (Å²) in [6.07, 6.45) is 7.89. The summed E-state index contributed by atoms with van der Waals surface area (Å²) in [4.78, 5) is 27.0. The number of methoxy groups -OCH3 is 1. The Morgan fingerprint density at radius 3 is 1.92 bits per heavy atom. The molecule has 2 N–H and O–H groups in total. The van der Waals surface area contributed by atoms with Crippen molar-refractivity contribution in [1.29, 1.82) is 0 Å². The number of aromatic hydroxyl groups is 2. The van der Waals surface area contributed by atoms with E-state index in [1.54, 1.807) is 0 Å². The van der Waals surface area contributed by atoms with E-state index < -0.39 is 23.4 Å². The third kappa shape index (κ3) is 7.14. The summed E-state index contributed by atoms with van der Waals surface area (Å²) in [6, 6.07) is 17.3. The van der Waals surface area contributed by atoms with E-state index in [0.717, 1.165) is 13.0 Å². The Balaban J connectivity index is 0.000000223. The van der Waals surface area contributed by atoms with Crippen molar-refractivity contribution in [3.05, 3.63) is 115 Å². The van der Waals surface area contributed by atoms with Crippen LogP contribution >= 0.6 is 35.6 Å². The lowest BCUT2D eigenvalue weighted by Crippen LogP contribution is -2.12. The molecule has 4 aromatic carbocycles. The highest BCUT2D eigenvalue weighted by molar-refractivity contribution is 6.39. The van der Waals surface area contributed by atoms with Crippen LogP contribution in [-0.4, -0.2) is 54.8 Å². The summed E-state index contributed by atoms with van der Waals surface area (Å²) in [5.74, 6) is -2.74. The molecule has 0 radical (unpaired) electrons. The van der Waals surface area contributed by atoms with Crippen LogP contribution in [0.15, 0.2) is 54.6 Å². The molecule has 0 amide bonds. The van der Waals surface area contributed by atoms with E-state index in [0.29, 0.717) is 0 Å². The van der Waals surface area contributed by atoms with Crippen LogP contribution in [0.5, 0.6) is 28.7 Å². The Morgan fingerprint density at radius 2 is 1.37 bits per heavy atom. The van der Waals surface area contributed by atoms with E-state index in [2.05, 4.69) is 85.8 Å². The zero-order valence-corrected chi connectivity index (χ0v) is 30.1. The van der Waals surface area contributed by atoms with Crippen molar-refractivity contribution < 1.29 is 34.0 Å². The molecule has 0 unspecified atom stereocenters. The molecule has 0 atom stereocenters. The number of phenols is 2. The van der Waals surface area contributed by atoms with Crippen molar-refractivity contribution in [2.75, 3.05) is 27.7 Å². The van der Waals surface area contributed by atoms with Gasteiger partial charge >= 0.3 is 11.9 Å². The molecule has 8 nitrogen and oxygen atoms in total. The molecule has 11 heteroatoms. The molecule has 0 spiro atoms. The number of benzene rings is 4. The molecule has 4 aromatic rings. The van der Waals surface area contributed by atoms with Gasteiger partial charge in [-0.1, -0.05) is 90.0 Å². The number of hydrogen-bond donors (Lipinski definition) is 2. The van der Waals surface area contributed by atoms with Gasteiger partial charge < -0.3 is 29.3 Å². The molecule has 0 saturated heterocycles. The van der Waals surface area contributed by atoms with E-state index in [1.165, 1.54) is 55.7 Å². The fourth-order valence-corrected chi connectivity index (χ4v) is 6.13. The lowest BCUT2D eigenvalue weighted by molar-refractivity contribution is 0.0596. The summed E-state index contributed by atoms with van der Waals surface area (Å²) in [7, 11) is 5.41. The summed E-state index contributed by atoms with van der Waals surface area (Å²) in [6.45, 7) is 5.50. The van der Waals surface area contributed by atoms with Crippen LogP contribution in [0, 0.1) is 20.8 Å². The van der Waals surface area contributed by atoms with Gasteiger partial charge in [-0.15, -0.1) is 12.4 Å². The predicted octanol–water partition coefficient (Wildman–Crippen LogP) is 9.42. The highest BCUT2D eigenvalue weighted by Crippen LogP contribution is 2.52. The number of carbonyl (C=O) groups is 2. The molecule has 0 saturated carbocycles.